The molecule has 7 aromatic carbocycles. The van der Waals surface area contributed by atoms with Crippen molar-refractivity contribution in [3.63, 3.8) is 0 Å². The van der Waals surface area contributed by atoms with Crippen molar-refractivity contribution < 1.29 is 4.42 Å². The normalized spacial score (nSPS) is 16.5. The Balaban J connectivity index is 1.21. The number of hydrogen-bond donors (Lipinski definition) is 0. The van der Waals surface area contributed by atoms with Gasteiger partial charge in [0, 0.05) is 70.4 Å². The Kier molecular flexibility index (Phi) is 6.41. The van der Waals surface area contributed by atoms with E-state index in [4.69, 9.17) is 4.42 Å². The molecule has 3 aliphatic rings. The summed E-state index contributed by atoms with van der Waals surface area (Å²) in [5.41, 5.74) is 18.2. The largest absolute Gasteiger partial charge is 0.456 e. The maximum absolute atomic E-state index is 6.61. The molecule has 0 fully saturated rings. The summed E-state index contributed by atoms with van der Waals surface area (Å²) in [7, 11) is 0. The van der Waals surface area contributed by atoms with Crippen molar-refractivity contribution in [2.45, 2.75) is 77.6 Å². The van der Waals surface area contributed by atoms with E-state index in [-0.39, 0.29) is 23.1 Å². The van der Waals surface area contributed by atoms with Crippen molar-refractivity contribution in [2.75, 3.05) is 4.81 Å². The summed E-state index contributed by atoms with van der Waals surface area (Å²) in [4.78, 5) is 2.72. The van der Waals surface area contributed by atoms with Crippen molar-refractivity contribution in [1.82, 2.24) is 4.57 Å². The molecule has 0 radical (unpaired) electrons. The van der Waals surface area contributed by atoms with Gasteiger partial charge in [0.2, 0.25) is 0 Å². The third-order valence-corrected chi connectivity index (χ3v) is 15.7. The number of benzene rings is 7. The third-order valence-electron chi connectivity index (χ3n) is 14.6. The molecule has 3 aromatic heterocycles. The van der Waals surface area contributed by atoms with Crippen LogP contribution >= 0.6 is 11.3 Å². The third kappa shape index (κ3) is 4.44. The molecule has 0 atom stereocenters. The number of para-hydroxylation sites is 1. The summed E-state index contributed by atoms with van der Waals surface area (Å²) in [6.07, 6.45) is 2.36. The average Bonchev–Trinajstić information content (AvgIpc) is 3.88. The fraction of sp³-hybridized carbons (Fsp3) is 0.222. The number of aromatic nitrogens is 1. The van der Waals surface area contributed by atoms with E-state index in [1.165, 1.54) is 116 Å². The van der Waals surface area contributed by atoms with Gasteiger partial charge < -0.3 is 13.8 Å². The molecule has 0 bridgehead atoms. The van der Waals surface area contributed by atoms with Crippen LogP contribution < -0.4 is 15.7 Å². The Morgan fingerprint density at radius 2 is 1.32 bits per heavy atom. The van der Waals surface area contributed by atoms with Gasteiger partial charge in [0.15, 0.2) is 0 Å². The maximum Gasteiger partial charge on any atom is 0.333 e. The molecule has 0 saturated carbocycles. The van der Waals surface area contributed by atoms with Crippen molar-refractivity contribution in [3.05, 3.63) is 138 Å². The lowest BCUT2D eigenvalue weighted by atomic mass is 9.43. The fourth-order valence-corrected chi connectivity index (χ4v) is 12.4. The highest BCUT2D eigenvalue weighted by molar-refractivity contribution is 7.26. The summed E-state index contributed by atoms with van der Waals surface area (Å²) < 4.78 is 11.9. The number of fused-ring (bicyclic) bond motifs is 15. The van der Waals surface area contributed by atoms with Crippen molar-refractivity contribution in [1.29, 1.82) is 0 Å². The molecule has 13 rings (SSSR count). The van der Waals surface area contributed by atoms with Crippen LogP contribution in [0.4, 0.5) is 11.4 Å². The summed E-state index contributed by atoms with van der Waals surface area (Å²) in [6, 6.07) is 46.8. The molecule has 2 aliphatic heterocycles. The first-order chi connectivity index (χ1) is 28.4. The molecule has 1 aliphatic carbocycles. The Morgan fingerprint density at radius 1 is 0.593 bits per heavy atom. The molecule has 3 nitrogen and oxygen atoms in total. The van der Waals surface area contributed by atoms with Gasteiger partial charge in [0.25, 0.3) is 0 Å². The summed E-state index contributed by atoms with van der Waals surface area (Å²) >= 11 is 1.92. The quantitative estimate of drug-likeness (QED) is 0.155. The van der Waals surface area contributed by atoms with Crippen LogP contribution in [0.5, 0.6) is 0 Å². The molecule has 5 heterocycles. The van der Waals surface area contributed by atoms with Crippen LogP contribution in [0.15, 0.2) is 126 Å². The molecular formula is C54H45BN2OS. The molecule has 0 spiro atoms. The standard InChI is InChI=1S/C54H45BN2OS/c1-52(2,3)30-16-18-31(19-17-30)57-44-27-41-40(53(4,5)22-23-54(41,6)7)25-37(44)34-20-21-35-36-24-38-32-12-8-10-14-46(32)58-47(38)29-43(36)56-45-26-39-33-13-9-11-15-48(33)59-49(39)28-42(45)55(57)50(34)51(35)56/h8-21,24-29H,22-23H2,1-7H3. The first-order valence-electron chi connectivity index (χ1n) is 21.3. The Hall–Kier alpha value is -5.78. The van der Waals surface area contributed by atoms with Crippen LogP contribution in [0.2, 0.25) is 0 Å². The number of nitrogens with zero attached hydrogens (tertiary/aromatic N) is 2. The Labute approximate surface area is 349 Å². The second-order valence-corrected chi connectivity index (χ2v) is 21.1. The highest BCUT2D eigenvalue weighted by Crippen LogP contribution is 2.53. The molecule has 10 aromatic rings. The predicted octanol–water partition coefficient (Wildman–Crippen LogP) is 13.9. The van der Waals surface area contributed by atoms with Crippen LogP contribution in [-0.2, 0) is 16.2 Å². The Morgan fingerprint density at radius 3 is 2.10 bits per heavy atom. The van der Waals surface area contributed by atoms with Crippen LogP contribution in [0, 0.1) is 0 Å². The molecule has 5 heteroatoms. The molecule has 0 N–H and O–H groups in total. The first kappa shape index (κ1) is 34.1. The van der Waals surface area contributed by atoms with Gasteiger partial charge in [-0.1, -0.05) is 109 Å². The SMILES string of the molecule is CC(C)(C)c1ccc(N2B3c4cc5sc6ccccc6c5cc4-n4c5cc6oc7ccccc7c6cc5c5ccc(c3c54)-c3cc4c(cc32)C(C)(C)CCC4(C)C)cc1. The minimum atomic E-state index is -0.0373. The van der Waals surface area contributed by atoms with Gasteiger partial charge in [-0.2, -0.15) is 0 Å². The average molecular weight is 781 g/mol. The van der Waals surface area contributed by atoms with E-state index in [1.54, 1.807) is 0 Å². The number of hydrogen-bond acceptors (Lipinski definition) is 3. The van der Waals surface area contributed by atoms with E-state index in [2.05, 4.69) is 179 Å². The molecular weight excluding hydrogens is 735 g/mol. The van der Waals surface area contributed by atoms with E-state index < -0.39 is 0 Å². The van der Waals surface area contributed by atoms with Gasteiger partial charge in [-0.05, 0) is 117 Å². The smallest absolute Gasteiger partial charge is 0.333 e. The zero-order chi connectivity index (χ0) is 39.9. The lowest BCUT2D eigenvalue weighted by molar-refractivity contribution is 0.332. The van der Waals surface area contributed by atoms with Gasteiger partial charge in [-0.15, -0.1) is 11.3 Å². The zero-order valence-corrected chi connectivity index (χ0v) is 35.6. The van der Waals surface area contributed by atoms with Crippen LogP contribution in [-0.4, -0.2) is 11.4 Å². The van der Waals surface area contributed by atoms with Gasteiger partial charge >= 0.3 is 6.85 Å². The van der Waals surface area contributed by atoms with E-state index in [1.807, 2.05) is 11.3 Å². The summed E-state index contributed by atoms with van der Waals surface area (Å²) in [5, 5.41) is 7.53. The zero-order valence-electron chi connectivity index (χ0n) is 34.7. The van der Waals surface area contributed by atoms with Gasteiger partial charge in [0.05, 0.1) is 11.0 Å². The van der Waals surface area contributed by atoms with Gasteiger partial charge in [-0.25, -0.2) is 0 Å². The van der Waals surface area contributed by atoms with E-state index >= 15 is 0 Å². The number of anilines is 2. The first-order valence-corrected chi connectivity index (χ1v) is 22.1. The van der Waals surface area contributed by atoms with Crippen LogP contribution in [0.25, 0.3) is 80.7 Å². The second-order valence-electron chi connectivity index (χ2n) is 20.0. The lowest BCUT2D eigenvalue weighted by Crippen LogP contribution is -2.60. The van der Waals surface area contributed by atoms with E-state index in [0.29, 0.717) is 0 Å². The predicted molar refractivity (Wildman–Crippen MR) is 254 cm³/mol. The van der Waals surface area contributed by atoms with E-state index in [9.17, 15) is 0 Å². The van der Waals surface area contributed by atoms with Gasteiger partial charge in [0.1, 0.15) is 11.2 Å². The molecule has 286 valence electrons. The molecule has 0 unspecified atom stereocenters. The topological polar surface area (TPSA) is 21.3 Å². The Bertz CT molecular complexity index is 3500. The number of furan rings is 1. The molecule has 0 saturated heterocycles. The van der Waals surface area contributed by atoms with Crippen molar-refractivity contribution in [2.24, 2.45) is 0 Å². The van der Waals surface area contributed by atoms with Crippen LogP contribution in [0.3, 0.4) is 0 Å². The molecule has 0 amide bonds. The number of rotatable bonds is 1. The highest BCUT2D eigenvalue weighted by Gasteiger charge is 2.46. The minimum Gasteiger partial charge on any atom is -0.456 e. The summed E-state index contributed by atoms with van der Waals surface area (Å²) in [5.74, 6) is 0. The minimum absolute atomic E-state index is 0.0373. The van der Waals surface area contributed by atoms with E-state index in [0.717, 1.165) is 16.6 Å². The highest BCUT2D eigenvalue weighted by atomic mass is 32.1. The lowest BCUT2D eigenvalue weighted by Gasteiger charge is -2.46. The summed E-state index contributed by atoms with van der Waals surface area (Å²) in [6.45, 7) is 16.7. The van der Waals surface area contributed by atoms with Crippen molar-refractivity contribution in [3.8, 4) is 16.8 Å². The second kappa shape index (κ2) is 11.1. The van der Waals surface area contributed by atoms with Crippen molar-refractivity contribution >= 4 is 104 Å². The molecule has 59 heavy (non-hydrogen) atoms. The number of thiophene rings is 1. The monoisotopic (exact) mass is 780 g/mol. The fourth-order valence-electron chi connectivity index (χ4n) is 11.3. The van der Waals surface area contributed by atoms with Gasteiger partial charge in [-0.3, -0.25) is 0 Å². The van der Waals surface area contributed by atoms with Crippen LogP contribution in [0.1, 0.15) is 78.0 Å². The maximum atomic E-state index is 6.61.